The minimum Gasteiger partial charge on any atom is -0.464 e. The van der Waals surface area contributed by atoms with Crippen LogP contribution in [0.15, 0.2) is 57.7 Å². The zero-order valence-electron chi connectivity index (χ0n) is 14.3. The number of fused-ring (bicyclic) bond motifs is 2. The Hall–Kier alpha value is -2.95. The van der Waals surface area contributed by atoms with Crippen molar-refractivity contribution in [3.63, 3.8) is 0 Å². The Bertz CT molecular complexity index is 951. The van der Waals surface area contributed by atoms with Crippen LogP contribution in [0.5, 0.6) is 5.75 Å². The van der Waals surface area contributed by atoms with Crippen molar-refractivity contribution in [2.24, 2.45) is 0 Å². The Morgan fingerprint density at radius 3 is 2.64 bits per heavy atom. The van der Waals surface area contributed by atoms with Crippen LogP contribution in [-0.2, 0) is 0 Å². The van der Waals surface area contributed by atoms with Crippen LogP contribution in [0.2, 0.25) is 0 Å². The fourth-order valence-electron chi connectivity index (χ4n) is 3.21. The van der Waals surface area contributed by atoms with Crippen molar-refractivity contribution >= 4 is 22.3 Å². The summed E-state index contributed by atoms with van der Waals surface area (Å²) in [4.78, 5) is 14.7. The van der Waals surface area contributed by atoms with Crippen LogP contribution in [0, 0.1) is 0 Å². The fraction of sp³-hybridized carbons (Fsp3) is 0.250. The van der Waals surface area contributed by atoms with Crippen molar-refractivity contribution in [3.05, 3.63) is 64.5 Å². The molecule has 128 valence electrons. The van der Waals surface area contributed by atoms with E-state index >= 15 is 0 Å². The minimum absolute atomic E-state index is 0.380. The van der Waals surface area contributed by atoms with Crippen LogP contribution in [-0.4, -0.2) is 13.1 Å². The third-order valence-corrected chi connectivity index (χ3v) is 4.58. The van der Waals surface area contributed by atoms with Crippen molar-refractivity contribution in [1.82, 2.24) is 0 Å². The number of para-hydroxylation sites is 2. The molecule has 0 radical (unpaired) electrons. The van der Waals surface area contributed by atoms with Gasteiger partial charge in [-0.2, -0.15) is 0 Å². The third kappa shape index (κ3) is 2.71. The van der Waals surface area contributed by atoms with E-state index in [4.69, 9.17) is 9.15 Å². The van der Waals surface area contributed by atoms with Gasteiger partial charge in [-0.25, -0.2) is 4.79 Å². The maximum Gasteiger partial charge on any atom is 0.345 e. The summed E-state index contributed by atoms with van der Waals surface area (Å²) in [6, 6.07) is 15.4. The summed E-state index contributed by atoms with van der Waals surface area (Å²) in [5.74, 6) is 0.740. The number of rotatable bonds is 4. The molecule has 1 unspecified atom stereocenters. The van der Waals surface area contributed by atoms with E-state index in [2.05, 4.69) is 30.1 Å². The van der Waals surface area contributed by atoms with E-state index < -0.39 is 6.23 Å². The van der Waals surface area contributed by atoms with Gasteiger partial charge in [0.25, 0.3) is 0 Å². The van der Waals surface area contributed by atoms with E-state index in [-0.39, 0.29) is 5.63 Å². The summed E-state index contributed by atoms with van der Waals surface area (Å²) in [5.41, 5.74) is 2.61. The van der Waals surface area contributed by atoms with Gasteiger partial charge in [-0.1, -0.05) is 12.1 Å². The average Bonchev–Trinajstić information content (AvgIpc) is 3.06. The van der Waals surface area contributed by atoms with Crippen LogP contribution in [0.4, 0.5) is 11.4 Å². The molecule has 5 nitrogen and oxygen atoms in total. The van der Waals surface area contributed by atoms with Crippen LogP contribution < -0.4 is 20.6 Å². The lowest BCUT2D eigenvalue weighted by atomic mass is 10.1. The molecule has 0 saturated carbocycles. The van der Waals surface area contributed by atoms with E-state index in [1.54, 1.807) is 0 Å². The molecule has 0 spiro atoms. The number of nitrogens with zero attached hydrogens (tertiary/aromatic N) is 1. The molecule has 5 heteroatoms. The van der Waals surface area contributed by atoms with Gasteiger partial charge in [-0.05, 0) is 44.2 Å². The second kappa shape index (κ2) is 6.16. The van der Waals surface area contributed by atoms with Gasteiger partial charge in [0.1, 0.15) is 11.3 Å². The van der Waals surface area contributed by atoms with Gasteiger partial charge in [0, 0.05) is 30.2 Å². The third-order valence-electron chi connectivity index (χ3n) is 4.58. The Morgan fingerprint density at radius 2 is 1.88 bits per heavy atom. The molecular formula is C20H20N2O3. The zero-order chi connectivity index (χ0) is 17.4. The summed E-state index contributed by atoms with van der Waals surface area (Å²) in [7, 11) is 0. The molecule has 0 amide bonds. The highest BCUT2D eigenvalue weighted by atomic mass is 16.5. The Kier molecular flexibility index (Phi) is 3.84. The van der Waals surface area contributed by atoms with Gasteiger partial charge in [0.15, 0.2) is 0 Å². The second-order valence-electron chi connectivity index (χ2n) is 6.02. The predicted molar refractivity (Wildman–Crippen MR) is 99.5 cm³/mol. The van der Waals surface area contributed by atoms with Crippen molar-refractivity contribution in [1.29, 1.82) is 0 Å². The highest BCUT2D eigenvalue weighted by Crippen LogP contribution is 2.37. The first-order valence-corrected chi connectivity index (χ1v) is 8.54. The van der Waals surface area contributed by atoms with Crippen LogP contribution in [0.3, 0.4) is 0 Å². The second-order valence-corrected chi connectivity index (χ2v) is 6.02. The molecule has 2 aromatic carbocycles. The summed E-state index contributed by atoms with van der Waals surface area (Å²) in [5, 5.41) is 4.10. The van der Waals surface area contributed by atoms with Gasteiger partial charge in [0.05, 0.1) is 11.3 Å². The maximum atomic E-state index is 12.5. The largest absolute Gasteiger partial charge is 0.464 e. The molecule has 1 aliphatic rings. The predicted octanol–water partition coefficient (Wildman–Crippen LogP) is 4.14. The summed E-state index contributed by atoms with van der Waals surface area (Å²) >= 11 is 0. The van der Waals surface area contributed by atoms with Crippen molar-refractivity contribution in [2.45, 2.75) is 20.1 Å². The lowest BCUT2D eigenvalue weighted by Crippen LogP contribution is -2.22. The lowest BCUT2D eigenvalue weighted by Gasteiger charge is -2.21. The van der Waals surface area contributed by atoms with Gasteiger partial charge in [-0.3, -0.25) is 0 Å². The Morgan fingerprint density at radius 1 is 1.08 bits per heavy atom. The molecule has 1 N–H and O–H groups in total. The average molecular weight is 336 g/mol. The molecule has 1 atom stereocenters. The molecular weight excluding hydrogens is 316 g/mol. The first-order valence-electron chi connectivity index (χ1n) is 8.54. The van der Waals surface area contributed by atoms with Gasteiger partial charge < -0.3 is 19.4 Å². The van der Waals surface area contributed by atoms with Crippen LogP contribution in [0.1, 0.15) is 25.6 Å². The SMILES string of the molecule is CCN(CC)c1ccc2cc(C3Nc4ccccc4O3)c(=O)oc2c1. The fourth-order valence-corrected chi connectivity index (χ4v) is 3.21. The van der Waals surface area contributed by atoms with Crippen molar-refractivity contribution in [3.8, 4) is 5.75 Å². The lowest BCUT2D eigenvalue weighted by molar-refractivity contribution is 0.254. The van der Waals surface area contributed by atoms with Crippen LogP contribution >= 0.6 is 0 Å². The first kappa shape index (κ1) is 15.6. The van der Waals surface area contributed by atoms with E-state index in [1.807, 2.05) is 42.5 Å². The molecule has 2 heterocycles. The number of ether oxygens (including phenoxy) is 1. The molecule has 0 fully saturated rings. The first-order chi connectivity index (χ1) is 12.2. The van der Waals surface area contributed by atoms with Gasteiger partial charge in [-0.15, -0.1) is 0 Å². The van der Waals surface area contributed by atoms with E-state index in [1.165, 1.54) is 0 Å². The number of hydrogen-bond donors (Lipinski definition) is 1. The van der Waals surface area contributed by atoms with Gasteiger partial charge in [0.2, 0.25) is 6.23 Å². The number of anilines is 2. The van der Waals surface area contributed by atoms with Crippen molar-refractivity contribution in [2.75, 3.05) is 23.3 Å². The van der Waals surface area contributed by atoms with Crippen LogP contribution in [0.25, 0.3) is 11.0 Å². The zero-order valence-corrected chi connectivity index (χ0v) is 14.3. The monoisotopic (exact) mass is 336 g/mol. The molecule has 0 bridgehead atoms. The van der Waals surface area contributed by atoms with E-state index in [0.717, 1.165) is 35.6 Å². The summed E-state index contributed by atoms with van der Waals surface area (Å²) in [6.45, 7) is 6.02. The summed E-state index contributed by atoms with van der Waals surface area (Å²) < 4.78 is 11.4. The maximum absolute atomic E-state index is 12.5. The standard InChI is InChI=1S/C20H20N2O3/c1-3-22(4-2)14-10-9-13-11-15(20(23)25-18(13)12-14)19-21-16-7-5-6-8-17(16)24-19/h5-12,19,21H,3-4H2,1-2H3. The number of nitrogens with one attached hydrogen (secondary N) is 1. The molecule has 25 heavy (non-hydrogen) atoms. The Balaban J connectivity index is 1.71. The highest BCUT2D eigenvalue weighted by Gasteiger charge is 2.26. The molecule has 1 aliphatic heterocycles. The smallest absolute Gasteiger partial charge is 0.345 e. The minimum atomic E-state index is -0.527. The highest BCUT2D eigenvalue weighted by molar-refractivity contribution is 5.81. The van der Waals surface area contributed by atoms with E-state index in [0.29, 0.717) is 11.1 Å². The number of benzene rings is 2. The molecule has 3 aromatic rings. The van der Waals surface area contributed by atoms with E-state index in [9.17, 15) is 4.79 Å². The van der Waals surface area contributed by atoms with Crippen molar-refractivity contribution < 1.29 is 9.15 Å². The molecule has 1 aromatic heterocycles. The number of hydrogen-bond acceptors (Lipinski definition) is 5. The normalized spacial score (nSPS) is 15.5. The van der Waals surface area contributed by atoms with Gasteiger partial charge >= 0.3 is 5.63 Å². The quantitative estimate of drug-likeness (QED) is 0.726. The molecule has 0 aliphatic carbocycles. The molecule has 0 saturated heterocycles. The Labute approximate surface area is 145 Å². The topological polar surface area (TPSA) is 54.7 Å². The molecule has 4 rings (SSSR count). The summed E-state index contributed by atoms with van der Waals surface area (Å²) in [6.07, 6.45) is -0.527.